The summed E-state index contributed by atoms with van der Waals surface area (Å²) in [6, 6.07) is 16.4. The number of thioether (sulfide) groups is 1. The highest BCUT2D eigenvalue weighted by molar-refractivity contribution is 8.00. The number of hydrogen-bond acceptors (Lipinski definition) is 6. The molecular weight excluding hydrogens is 384 g/mol. The molecule has 0 unspecified atom stereocenters. The van der Waals surface area contributed by atoms with Crippen molar-refractivity contribution >= 4 is 44.5 Å². The molecule has 0 saturated carbocycles. The topological polar surface area (TPSA) is 59.9 Å². The molecule has 0 amide bonds. The van der Waals surface area contributed by atoms with Crippen LogP contribution in [0.4, 0.5) is 0 Å². The van der Waals surface area contributed by atoms with Crippen molar-refractivity contribution in [3.8, 4) is 0 Å². The molecule has 0 atom stereocenters. The summed E-state index contributed by atoms with van der Waals surface area (Å²) in [5, 5.41) is 7.84. The quantitative estimate of drug-likeness (QED) is 0.456. The Morgan fingerprint density at radius 1 is 0.958 bits per heavy atom. The molecule has 1 heterocycles. The summed E-state index contributed by atoms with van der Waals surface area (Å²) in [5.41, 5.74) is 2.02. The molecule has 124 valence electrons. The second kappa shape index (κ2) is 7.65. The van der Waals surface area contributed by atoms with Gasteiger partial charge in [-0.25, -0.2) is 8.42 Å². The maximum atomic E-state index is 12.6. The number of hydrogen-bond donors (Lipinski definition) is 0. The first-order valence-corrected chi connectivity index (χ1v) is 10.8. The average molecular weight is 397 g/mol. The van der Waals surface area contributed by atoms with Crippen LogP contribution in [0.1, 0.15) is 11.1 Å². The first-order valence-electron chi connectivity index (χ1n) is 7.00. The van der Waals surface area contributed by atoms with Crippen LogP contribution in [0.25, 0.3) is 0 Å². The first-order chi connectivity index (χ1) is 11.6. The van der Waals surface area contributed by atoms with Gasteiger partial charge in [0.2, 0.25) is 14.2 Å². The summed E-state index contributed by atoms with van der Waals surface area (Å²) in [6.07, 6.45) is 0. The van der Waals surface area contributed by atoms with E-state index in [4.69, 9.17) is 11.6 Å². The zero-order chi connectivity index (χ0) is 17.0. The third kappa shape index (κ3) is 3.97. The minimum Gasteiger partial charge on any atom is -0.216 e. The van der Waals surface area contributed by atoms with E-state index in [1.165, 1.54) is 11.8 Å². The minimum atomic E-state index is -3.64. The van der Waals surface area contributed by atoms with Gasteiger partial charge in [-0.2, -0.15) is 0 Å². The van der Waals surface area contributed by atoms with Crippen LogP contribution in [0.15, 0.2) is 68.2 Å². The van der Waals surface area contributed by atoms with Gasteiger partial charge in [0, 0.05) is 11.6 Å². The maximum Gasteiger partial charge on any atom is 0.238 e. The molecule has 0 N–H and O–H groups in total. The number of aromatic nitrogens is 2. The molecule has 0 aliphatic rings. The van der Waals surface area contributed by atoms with E-state index in [2.05, 4.69) is 10.2 Å². The summed E-state index contributed by atoms with van der Waals surface area (Å²) in [4.78, 5) is 0.201. The van der Waals surface area contributed by atoms with E-state index in [1.807, 2.05) is 30.3 Å². The van der Waals surface area contributed by atoms with E-state index < -0.39 is 9.84 Å². The Morgan fingerprint density at radius 2 is 1.67 bits per heavy atom. The van der Waals surface area contributed by atoms with Crippen LogP contribution in [0, 0.1) is 0 Å². The van der Waals surface area contributed by atoms with E-state index in [-0.39, 0.29) is 9.24 Å². The van der Waals surface area contributed by atoms with Crippen molar-refractivity contribution in [2.24, 2.45) is 0 Å². The Labute approximate surface area is 153 Å². The third-order valence-corrected chi connectivity index (χ3v) is 7.78. The van der Waals surface area contributed by atoms with Crippen LogP contribution in [0.5, 0.6) is 0 Å². The number of sulfone groups is 1. The van der Waals surface area contributed by atoms with Crippen molar-refractivity contribution in [2.75, 3.05) is 0 Å². The Kier molecular flexibility index (Phi) is 5.55. The summed E-state index contributed by atoms with van der Waals surface area (Å²) in [7, 11) is -3.64. The van der Waals surface area contributed by atoms with Crippen LogP contribution in [-0.4, -0.2) is 18.6 Å². The van der Waals surface area contributed by atoms with Crippen molar-refractivity contribution in [3.05, 3.63) is 65.7 Å². The highest BCUT2D eigenvalue weighted by Crippen LogP contribution is 2.30. The van der Waals surface area contributed by atoms with E-state index in [0.717, 1.165) is 28.2 Å². The predicted molar refractivity (Wildman–Crippen MR) is 97.4 cm³/mol. The lowest BCUT2D eigenvalue weighted by atomic mass is 10.2. The predicted octanol–water partition coefficient (Wildman–Crippen LogP) is 4.40. The fourth-order valence-electron chi connectivity index (χ4n) is 1.94. The zero-order valence-corrected chi connectivity index (χ0v) is 15.6. The summed E-state index contributed by atoms with van der Waals surface area (Å²) < 4.78 is 25.8. The highest BCUT2D eigenvalue weighted by Gasteiger charge is 2.23. The smallest absolute Gasteiger partial charge is 0.216 e. The van der Waals surface area contributed by atoms with E-state index in [1.54, 1.807) is 24.3 Å². The summed E-state index contributed by atoms with van der Waals surface area (Å²) in [5.74, 6) is 1.07. The lowest BCUT2D eigenvalue weighted by Gasteiger charge is -2.01. The largest absolute Gasteiger partial charge is 0.238 e. The second-order valence-corrected chi connectivity index (χ2v) is 9.48. The van der Waals surface area contributed by atoms with Crippen molar-refractivity contribution < 1.29 is 8.42 Å². The molecule has 3 aromatic rings. The fraction of sp³-hybridized carbons (Fsp3) is 0.125. The molecular formula is C16H13ClN2O2S3. The van der Waals surface area contributed by atoms with Crippen LogP contribution in [0.3, 0.4) is 0 Å². The van der Waals surface area contributed by atoms with Gasteiger partial charge < -0.3 is 0 Å². The first kappa shape index (κ1) is 17.4. The Bertz CT molecular complexity index is 910. The molecule has 0 bridgehead atoms. The molecule has 0 spiro atoms. The Morgan fingerprint density at radius 3 is 2.33 bits per heavy atom. The van der Waals surface area contributed by atoms with Gasteiger partial charge in [0.05, 0.1) is 4.90 Å². The van der Waals surface area contributed by atoms with Gasteiger partial charge in [-0.3, -0.25) is 0 Å². The molecule has 3 rings (SSSR count). The van der Waals surface area contributed by atoms with Crippen LogP contribution < -0.4 is 0 Å². The van der Waals surface area contributed by atoms with E-state index >= 15 is 0 Å². The van der Waals surface area contributed by atoms with Crippen molar-refractivity contribution in [3.63, 3.8) is 0 Å². The van der Waals surface area contributed by atoms with Gasteiger partial charge in [0.15, 0.2) is 4.34 Å². The van der Waals surface area contributed by atoms with Gasteiger partial charge >= 0.3 is 0 Å². The average Bonchev–Trinajstić information content (AvgIpc) is 3.11. The van der Waals surface area contributed by atoms with E-state index in [0.29, 0.717) is 10.2 Å². The maximum absolute atomic E-state index is 12.6. The highest BCUT2D eigenvalue weighted by atomic mass is 35.5. The number of alkyl halides is 1. The molecule has 0 fully saturated rings. The molecule has 2 aromatic carbocycles. The van der Waals surface area contributed by atoms with Gasteiger partial charge in [0.1, 0.15) is 0 Å². The van der Waals surface area contributed by atoms with Gasteiger partial charge in [-0.15, -0.1) is 21.8 Å². The summed E-state index contributed by atoms with van der Waals surface area (Å²) in [6.45, 7) is 0. The number of benzene rings is 2. The lowest BCUT2D eigenvalue weighted by molar-refractivity contribution is 0.594. The molecule has 0 saturated heterocycles. The van der Waals surface area contributed by atoms with Crippen molar-refractivity contribution in [1.29, 1.82) is 0 Å². The molecule has 0 aliphatic carbocycles. The van der Waals surface area contributed by atoms with Crippen LogP contribution in [0.2, 0.25) is 0 Å². The number of rotatable bonds is 6. The SMILES string of the molecule is O=S(=O)(c1ccc(CCl)cc1)c1nnc(SCc2ccccc2)s1. The Balaban J connectivity index is 1.76. The molecule has 4 nitrogen and oxygen atoms in total. The molecule has 1 aromatic heterocycles. The van der Waals surface area contributed by atoms with Crippen LogP contribution >= 0.6 is 34.7 Å². The standard InChI is InChI=1S/C16H13ClN2O2S3/c17-10-12-6-8-14(9-7-12)24(20,21)16-19-18-15(23-16)22-11-13-4-2-1-3-5-13/h1-9H,10-11H2. The van der Waals surface area contributed by atoms with Gasteiger partial charge in [-0.1, -0.05) is 65.6 Å². The fourth-order valence-corrected chi connectivity index (χ4v) is 5.63. The molecule has 0 radical (unpaired) electrons. The molecule has 24 heavy (non-hydrogen) atoms. The number of nitrogens with zero attached hydrogens (tertiary/aromatic N) is 2. The summed E-state index contributed by atoms with van der Waals surface area (Å²) >= 11 is 8.29. The zero-order valence-electron chi connectivity index (χ0n) is 12.4. The van der Waals surface area contributed by atoms with Crippen molar-refractivity contribution in [2.45, 2.75) is 25.2 Å². The molecule has 8 heteroatoms. The van der Waals surface area contributed by atoms with E-state index in [9.17, 15) is 8.42 Å². The van der Waals surface area contributed by atoms with Crippen molar-refractivity contribution in [1.82, 2.24) is 10.2 Å². The van der Waals surface area contributed by atoms with Gasteiger partial charge in [-0.05, 0) is 23.3 Å². The minimum absolute atomic E-state index is 0.0108. The normalized spacial score (nSPS) is 11.5. The van der Waals surface area contributed by atoms with Gasteiger partial charge in [0.25, 0.3) is 0 Å². The number of halogens is 1. The van der Waals surface area contributed by atoms with Crippen LogP contribution in [-0.2, 0) is 21.5 Å². The third-order valence-electron chi connectivity index (χ3n) is 3.21. The molecule has 0 aliphatic heterocycles. The lowest BCUT2D eigenvalue weighted by Crippen LogP contribution is -2.01. The second-order valence-electron chi connectivity index (χ2n) is 4.89. The monoisotopic (exact) mass is 396 g/mol. The Hall–Kier alpha value is -1.41.